The number of amides is 1. The van der Waals surface area contributed by atoms with Crippen LogP contribution in [0.4, 0.5) is 5.69 Å². The van der Waals surface area contributed by atoms with Crippen molar-refractivity contribution in [3.8, 4) is 11.3 Å². The van der Waals surface area contributed by atoms with Crippen LogP contribution in [0.15, 0.2) is 70.2 Å². The van der Waals surface area contributed by atoms with Crippen molar-refractivity contribution in [3.05, 3.63) is 87.1 Å². The molecule has 0 saturated heterocycles. The quantitative estimate of drug-likeness (QED) is 0.412. The average Bonchev–Trinajstić information content (AvgIpc) is 3.11. The molecule has 130 valence electrons. The minimum atomic E-state index is -0.530. The lowest BCUT2D eigenvalue weighted by molar-refractivity contribution is -0.384. The molecular weight excluding hydrogens is 358 g/mol. The molecule has 26 heavy (non-hydrogen) atoms. The van der Waals surface area contributed by atoms with E-state index in [0.717, 1.165) is 0 Å². The first kappa shape index (κ1) is 17.4. The van der Waals surface area contributed by atoms with Crippen LogP contribution in [0.3, 0.4) is 0 Å². The molecule has 0 atom stereocenters. The maximum Gasteiger partial charge on any atom is 0.281 e. The summed E-state index contributed by atoms with van der Waals surface area (Å²) in [6, 6.07) is 16.1. The largest absolute Gasteiger partial charge is 0.455 e. The van der Waals surface area contributed by atoms with E-state index in [1.165, 1.54) is 18.3 Å². The van der Waals surface area contributed by atoms with Gasteiger partial charge in [0.1, 0.15) is 11.5 Å². The number of furan rings is 1. The molecule has 0 aliphatic rings. The fraction of sp³-hybridized carbons (Fsp3) is 0. The van der Waals surface area contributed by atoms with Gasteiger partial charge in [-0.05, 0) is 36.4 Å². The Morgan fingerprint density at radius 1 is 1.15 bits per heavy atom. The molecule has 7 nitrogen and oxygen atoms in total. The maximum atomic E-state index is 11.9. The summed E-state index contributed by atoms with van der Waals surface area (Å²) in [5, 5.41) is 15.3. The van der Waals surface area contributed by atoms with Crippen molar-refractivity contribution in [2.24, 2.45) is 5.10 Å². The molecule has 0 unspecified atom stereocenters. The van der Waals surface area contributed by atoms with Gasteiger partial charge < -0.3 is 4.42 Å². The number of carbonyl (C=O) groups is 1. The Morgan fingerprint density at radius 3 is 2.65 bits per heavy atom. The lowest BCUT2D eigenvalue weighted by Crippen LogP contribution is -2.17. The summed E-state index contributed by atoms with van der Waals surface area (Å²) in [7, 11) is 0. The summed E-state index contributed by atoms with van der Waals surface area (Å²) in [4.78, 5) is 22.5. The lowest BCUT2D eigenvalue weighted by atomic mass is 10.1. The van der Waals surface area contributed by atoms with E-state index in [9.17, 15) is 14.9 Å². The first-order valence-corrected chi connectivity index (χ1v) is 7.85. The van der Waals surface area contributed by atoms with Crippen LogP contribution in [0.1, 0.15) is 16.1 Å². The Hall–Kier alpha value is -3.45. The molecule has 1 heterocycles. The van der Waals surface area contributed by atoms with Crippen molar-refractivity contribution in [2.45, 2.75) is 0 Å². The van der Waals surface area contributed by atoms with Gasteiger partial charge in [0, 0.05) is 16.7 Å². The van der Waals surface area contributed by atoms with Gasteiger partial charge in [-0.15, -0.1) is 0 Å². The fourth-order valence-corrected chi connectivity index (χ4v) is 2.41. The number of carbonyl (C=O) groups excluding carboxylic acids is 1. The van der Waals surface area contributed by atoms with Crippen LogP contribution in [0.25, 0.3) is 11.3 Å². The number of nitrogens with zero attached hydrogens (tertiary/aromatic N) is 2. The molecule has 1 aromatic heterocycles. The monoisotopic (exact) mass is 369 g/mol. The molecule has 0 bridgehead atoms. The molecule has 0 aliphatic carbocycles. The van der Waals surface area contributed by atoms with E-state index in [-0.39, 0.29) is 16.6 Å². The summed E-state index contributed by atoms with van der Waals surface area (Å²) in [5.74, 6) is 0.267. The molecule has 0 spiro atoms. The van der Waals surface area contributed by atoms with Crippen LogP contribution in [-0.4, -0.2) is 17.0 Å². The summed E-state index contributed by atoms with van der Waals surface area (Å²) in [6.07, 6.45) is 1.31. The SMILES string of the molecule is O=C(N/N=C\c1ccc(-c2ccc(Cl)cc2[N+](=O)[O-])o1)c1ccccc1. The second-order valence-electron chi connectivity index (χ2n) is 5.19. The molecule has 0 saturated carbocycles. The molecule has 8 heteroatoms. The second kappa shape index (κ2) is 7.62. The normalized spacial score (nSPS) is 10.8. The van der Waals surface area contributed by atoms with Crippen LogP contribution >= 0.6 is 11.6 Å². The van der Waals surface area contributed by atoms with E-state index in [1.54, 1.807) is 48.5 Å². The summed E-state index contributed by atoms with van der Waals surface area (Å²) < 4.78 is 5.54. The third-order valence-electron chi connectivity index (χ3n) is 3.44. The zero-order chi connectivity index (χ0) is 18.5. The zero-order valence-corrected chi connectivity index (χ0v) is 14.0. The molecular formula is C18H12ClN3O4. The van der Waals surface area contributed by atoms with E-state index >= 15 is 0 Å². The van der Waals surface area contributed by atoms with Gasteiger partial charge in [-0.1, -0.05) is 29.8 Å². The van der Waals surface area contributed by atoms with Crippen LogP contribution in [-0.2, 0) is 0 Å². The first-order chi connectivity index (χ1) is 12.5. The van der Waals surface area contributed by atoms with Crippen molar-refractivity contribution < 1.29 is 14.1 Å². The highest BCUT2D eigenvalue weighted by atomic mass is 35.5. The Morgan fingerprint density at radius 2 is 1.92 bits per heavy atom. The molecule has 3 rings (SSSR count). The maximum absolute atomic E-state index is 11.9. The van der Waals surface area contributed by atoms with Crippen LogP contribution in [0.2, 0.25) is 5.02 Å². The van der Waals surface area contributed by atoms with Gasteiger partial charge in [0.25, 0.3) is 11.6 Å². The number of nitro groups is 1. The standard InChI is InChI=1S/C18H12ClN3O4/c19-13-6-8-15(16(10-13)22(24)25)17-9-7-14(26-17)11-20-21-18(23)12-4-2-1-3-5-12/h1-11H,(H,21,23)/b20-11-. The predicted molar refractivity (Wildman–Crippen MR) is 97.3 cm³/mol. The molecule has 1 amide bonds. The third-order valence-corrected chi connectivity index (χ3v) is 3.68. The van der Waals surface area contributed by atoms with Gasteiger partial charge in [-0.3, -0.25) is 14.9 Å². The number of benzene rings is 2. The van der Waals surface area contributed by atoms with Crippen molar-refractivity contribution in [2.75, 3.05) is 0 Å². The Balaban J connectivity index is 1.75. The van der Waals surface area contributed by atoms with Gasteiger partial charge in [0.15, 0.2) is 0 Å². The van der Waals surface area contributed by atoms with Gasteiger partial charge in [-0.2, -0.15) is 5.10 Å². The van der Waals surface area contributed by atoms with Crippen molar-refractivity contribution in [1.82, 2.24) is 5.43 Å². The van der Waals surface area contributed by atoms with E-state index in [1.807, 2.05) is 0 Å². The van der Waals surface area contributed by atoms with E-state index in [0.29, 0.717) is 22.6 Å². The fourth-order valence-electron chi connectivity index (χ4n) is 2.24. The number of hydrogen-bond donors (Lipinski definition) is 1. The Kier molecular flexibility index (Phi) is 5.09. The third kappa shape index (κ3) is 3.96. The van der Waals surface area contributed by atoms with Gasteiger partial charge >= 0.3 is 0 Å². The minimum Gasteiger partial charge on any atom is -0.455 e. The first-order valence-electron chi connectivity index (χ1n) is 7.47. The number of hydrazone groups is 1. The molecule has 0 fully saturated rings. The molecule has 0 radical (unpaired) electrons. The predicted octanol–water partition coefficient (Wildman–Crippen LogP) is 4.27. The second-order valence-corrected chi connectivity index (χ2v) is 5.62. The Bertz CT molecular complexity index is 983. The zero-order valence-electron chi connectivity index (χ0n) is 13.3. The average molecular weight is 370 g/mol. The van der Waals surface area contributed by atoms with Crippen molar-refractivity contribution >= 4 is 29.4 Å². The lowest BCUT2D eigenvalue weighted by Gasteiger charge is -2.00. The number of halogens is 1. The molecule has 3 aromatic rings. The van der Waals surface area contributed by atoms with Gasteiger partial charge in [-0.25, -0.2) is 5.43 Å². The van der Waals surface area contributed by atoms with E-state index in [2.05, 4.69) is 10.5 Å². The molecule has 0 aliphatic heterocycles. The molecule has 1 N–H and O–H groups in total. The minimum absolute atomic E-state index is 0.160. The van der Waals surface area contributed by atoms with Crippen LogP contribution < -0.4 is 5.43 Å². The summed E-state index contributed by atoms with van der Waals surface area (Å²) in [5.41, 5.74) is 2.99. The number of nitrogens with one attached hydrogen (secondary N) is 1. The molecule has 2 aromatic carbocycles. The smallest absolute Gasteiger partial charge is 0.281 e. The number of nitro benzene ring substituents is 1. The highest BCUT2D eigenvalue weighted by Gasteiger charge is 2.18. The van der Waals surface area contributed by atoms with Crippen LogP contribution in [0.5, 0.6) is 0 Å². The van der Waals surface area contributed by atoms with E-state index < -0.39 is 4.92 Å². The topological polar surface area (TPSA) is 97.7 Å². The summed E-state index contributed by atoms with van der Waals surface area (Å²) in [6.45, 7) is 0. The van der Waals surface area contributed by atoms with E-state index in [4.69, 9.17) is 16.0 Å². The van der Waals surface area contributed by atoms with Crippen LogP contribution in [0, 0.1) is 10.1 Å². The van der Waals surface area contributed by atoms with Gasteiger partial charge in [0.05, 0.1) is 16.7 Å². The number of rotatable bonds is 5. The number of hydrogen-bond acceptors (Lipinski definition) is 5. The summed E-state index contributed by atoms with van der Waals surface area (Å²) >= 11 is 5.81. The van der Waals surface area contributed by atoms with Crippen molar-refractivity contribution in [3.63, 3.8) is 0 Å². The van der Waals surface area contributed by atoms with Crippen molar-refractivity contribution in [1.29, 1.82) is 0 Å². The van der Waals surface area contributed by atoms with Gasteiger partial charge in [0.2, 0.25) is 0 Å². The highest BCUT2D eigenvalue weighted by molar-refractivity contribution is 6.30. The highest BCUT2D eigenvalue weighted by Crippen LogP contribution is 2.33. The Labute approximate surface area is 153 Å².